The van der Waals surface area contributed by atoms with Crippen molar-refractivity contribution in [3.05, 3.63) is 17.7 Å². The number of hydrogen-bond acceptors (Lipinski definition) is 5. The van der Waals surface area contributed by atoms with Crippen LogP contribution in [0.4, 0.5) is 0 Å². The van der Waals surface area contributed by atoms with Crippen molar-refractivity contribution >= 4 is 29.9 Å². The molecular formula is C19H32IN3O4. The molecule has 154 valence electrons. The number of ether oxygens (including phenoxy) is 4. The van der Waals surface area contributed by atoms with Crippen LogP contribution in [0.1, 0.15) is 18.4 Å². The van der Waals surface area contributed by atoms with Gasteiger partial charge in [-0.25, -0.2) is 0 Å². The van der Waals surface area contributed by atoms with Gasteiger partial charge in [-0.15, -0.1) is 24.0 Å². The van der Waals surface area contributed by atoms with Crippen molar-refractivity contribution in [1.29, 1.82) is 0 Å². The molecule has 8 heteroatoms. The minimum atomic E-state index is 0. The normalized spacial score (nSPS) is 13.6. The molecule has 1 aliphatic rings. The first-order chi connectivity index (χ1) is 12.6. The van der Waals surface area contributed by atoms with Crippen molar-refractivity contribution < 1.29 is 18.9 Å². The first-order valence-corrected chi connectivity index (χ1v) is 8.91. The second kappa shape index (κ2) is 12.1. The second-order valence-corrected chi connectivity index (χ2v) is 6.35. The van der Waals surface area contributed by atoms with E-state index >= 15 is 0 Å². The predicted octanol–water partition coefficient (Wildman–Crippen LogP) is 2.76. The summed E-state index contributed by atoms with van der Waals surface area (Å²) in [5.74, 6) is 3.68. The van der Waals surface area contributed by atoms with Gasteiger partial charge in [-0.2, -0.15) is 0 Å². The number of aliphatic imine (C=N–C) groups is 1. The van der Waals surface area contributed by atoms with Gasteiger partial charge in [-0.3, -0.25) is 4.99 Å². The van der Waals surface area contributed by atoms with Crippen LogP contribution in [-0.4, -0.2) is 66.0 Å². The summed E-state index contributed by atoms with van der Waals surface area (Å²) in [6, 6.07) is 3.69. The maximum atomic E-state index is 5.71. The lowest BCUT2D eigenvalue weighted by atomic mass is 10.1. The van der Waals surface area contributed by atoms with Crippen molar-refractivity contribution in [2.24, 2.45) is 10.9 Å². The number of guanidine groups is 1. The number of benzene rings is 1. The average molecular weight is 493 g/mol. The van der Waals surface area contributed by atoms with Crippen LogP contribution in [0.25, 0.3) is 0 Å². The fourth-order valence-electron chi connectivity index (χ4n) is 2.65. The van der Waals surface area contributed by atoms with E-state index in [1.165, 1.54) is 12.8 Å². The summed E-state index contributed by atoms with van der Waals surface area (Å²) >= 11 is 0. The molecule has 0 amide bonds. The van der Waals surface area contributed by atoms with E-state index in [-0.39, 0.29) is 24.0 Å². The Morgan fingerprint density at radius 3 is 2.26 bits per heavy atom. The Balaban J connectivity index is 0.00000364. The van der Waals surface area contributed by atoms with E-state index < -0.39 is 0 Å². The molecule has 0 bridgehead atoms. The highest BCUT2D eigenvalue weighted by Crippen LogP contribution is 2.33. The van der Waals surface area contributed by atoms with Gasteiger partial charge in [0.25, 0.3) is 0 Å². The van der Waals surface area contributed by atoms with Crippen molar-refractivity contribution in [2.45, 2.75) is 19.4 Å². The fraction of sp³-hybridized carbons (Fsp3) is 0.632. The van der Waals surface area contributed by atoms with Crippen molar-refractivity contribution in [3.8, 4) is 17.2 Å². The first kappa shape index (κ1) is 23.6. The van der Waals surface area contributed by atoms with E-state index in [0.717, 1.165) is 30.6 Å². The summed E-state index contributed by atoms with van der Waals surface area (Å²) in [6.07, 6.45) is 2.62. The van der Waals surface area contributed by atoms with Crippen LogP contribution < -0.4 is 19.5 Å². The molecule has 0 aromatic heterocycles. The van der Waals surface area contributed by atoms with Gasteiger partial charge in [0.2, 0.25) is 0 Å². The second-order valence-electron chi connectivity index (χ2n) is 6.35. The lowest BCUT2D eigenvalue weighted by molar-refractivity contribution is 0.115. The fourth-order valence-corrected chi connectivity index (χ4v) is 2.65. The van der Waals surface area contributed by atoms with E-state index in [2.05, 4.69) is 15.2 Å². The van der Waals surface area contributed by atoms with Gasteiger partial charge in [0.1, 0.15) is 17.2 Å². The van der Waals surface area contributed by atoms with Gasteiger partial charge in [-0.05, 0) is 18.8 Å². The number of nitrogens with one attached hydrogen (secondary N) is 1. The van der Waals surface area contributed by atoms with Crippen LogP contribution >= 0.6 is 24.0 Å². The largest absolute Gasteiger partial charge is 0.496 e. The molecule has 27 heavy (non-hydrogen) atoms. The number of rotatable bonds is 10. The molecule has 1 aromatic rings. The van der Waals surface area contributed by atoms with Gasteiger partial charge in [0.05, 0.1) is 40.0 Å². The molecule has 0 saturated heterocycles. The summed E-state index contributed by atoms with van der Waals surface area (Å²) < 4.78 is 22.0. The predicted molar refractivity (Wildman–Crippen MR) is 118 cm³/mol. The molecule has 2 rings (SSSR count). The summed E-state index contributed by atoms with van der Waals surface area (Å²) in [4.78, 5) is 6.39. The highest BCUT2D eigenvalue weighted by Gasteiger charge is 2.21. The van der Waals surface area contributed by atoms with Crippen LogP contribution in [0.2, 0.25) is 0 Å². The molecule has 0 spiro atoms. The van der Waals surface area contributed by atoms with Crippen LogP contribution in [0.3, 0.4) is 0 Å². The molecule has 1 aliphatic carbocycles. The monoisotopic (exact) mass is 493 g/mol. The third-order valence-electron chi connectivity index (χ3n) is 4.44. The molecule has 0 atom stereocenters. The van der Waals surface area contributed by atoms with Gasteiger partial charge in [0.15, 0.2) is 5.96 Å². The Morgan fingerprint density at radius 2 is 1.78 bits per heavy atom. The SMILES string of the molecule is CN=C(NCc1c(OC)cc(OC)cc1OC)N(C)CCOCC1CC1.I. The number of methoxy groups -OCH3 is 3. The molecule has 1 saturated carbocycles. The van der Waals surface area contributed by atoms with Crippen LogP contribution in [0.15, 0.2) is 17.1 Å². The van der Waals surface area contributed by atoms with Gasteiger partial charge in [0, 0.05) is 39.4 Å². The topological polar surface area (TPSA) is 64.6 Å². The Labute approximate surface area is 179 Å². The molecule has 1 fully saturated rings. The van der Waals surface area contributed by atoms with Gasteiger partial charge < -0.3 is 29.2 Å². The maximum absolute atomic E-state index is 5.71. The zero-order valence-corrected chi connectivity index (χ0v) is 19.2. The number of likely N-dealkylation sites (N-methyl/N-ethyl adjacent to an activating group) is 1. The van der Waals surface area contributed by atoms with Crippen molar-refractivity contribution in [1.82, 2.24) is 10.2 Å². The van der Waals surface area contributed by atoms with E-state index in [0.29, 0.717) is 30.4 Å². The number of halogens is 1. The first-order valence-electron chi connectivity index (χ1n) is 8.91. The van der Waals surface area contributed by atoms with E-state index in [1.54, 1.807) is 28.4 Å². The van der Waals surface area contributed by atoms with Crippen LogP contribution in [0, 0.1) is 5.92 Å². The molecule has 0 heterocycles. The number of hydrogen-bond donors (Lipinski definition) is 1. The van der Waals surface area contributed by atoms with Gasteiger partial charge >= 0.3 is 0 Å². The van der Waals surface area contributed by atoms with Crippen LogP contribution in [-0.2, 0) is 11.3 Å². The molecule has 1 N–H and O–H groups in total. The third kappa shape index (κ3) is 7.25. The molecule has 0 unspecified atom stereocenters. The standard InChI is InChI=1S/C19H31N3O4.HI/c1-20-19(22(2)8-9-26-13-14-6-7-14)21-12-16-17(24-4)10-15(23-3)11-18(16)25-5;/h10-11,14H,6-9,12-13H2,1-5H3,(H,20,21);1H. The molecule has 0 radical (unpaired) electrons. The minimum Gasteiger partial charge on any atom is -0.496 e. The average Bonchev–Trinajstić information content (AvgIpc) is 3.49. The molecular weight excluding hydrogens is 461 g/mol. The Bertz CT molecular complexity index is 584. The van der Waals surface area contributed by atoms with E-state index in [9.17, 15) is 0 Å². The summed E-state index contributed by atoms with van der Waals surface area (Å²) in [5, 5.41) is 3.35. The lowest BCUT2D eigenvalue weighted by Crippen LogP contribution is -2.40. The van der Waals surface area contributed by atoms with E-state index in [4.69, 9.17) is 18.9 Å². The smallest absolute Gasteiger partial charge is 0.193 e. The quantitative estimate of drug-likeness (QED) is 0.234. The highest BCUT2D eigenvalue weighted by atomic mass is 127. The van der Waals surface area contributed by atoms with E-state index in [1.807, 2.05) is 19.2 Å². The van der Waals surface area contributed by atoms with Crippen molar-refractivity contribution in [3.63, 3.8) is 0 Å². The molecule has 1 aromatic carbocycles. The summed E-state index contributed by atoms with van der Waals surface area (Å²) in [6.45, 7) is 2.88. The van der Waals surface area contributed by atoms with Crippen molar-refractivity contribution in [2.75, 3.05) is 55.2 Å². The molecule has 7 nitrogen and oxygen atoms in total. The minimum absolute atomic E-state index is 0. The Kier molecular flexibility index (Phi) is 10.6. The zero-order chi connectivity index (χ0) is 18.9. The summed E-state index contributed by atoms with van der Waals surface area (Å²) in [5.41, 5.74) is 0.912. The lowest BCUT2D eigenvalue weighted by Gasteiger charge is -2.23. The van der Waals surface area contributed by atoms with Gasteiger partial charge in [-0.1, -0.05) is 0 Å². The third-order valence-corrected chi connectivity index (χ3v) is 4.44. The molecule has 0 aliphatic heterocycles. The number of nitrogens with zero attached hydrogens (tertiary/aromatic N) is 2. The van der Waals surface area contributed by atoms with Crippen LogP contribution in [0.5, 0.6) is 17.2 Å². The highest BCUT2D eigenvalue weighted by molar-refractivity contribution is 14.0. The summed E-state index contributed by atoms with van der Waals surface area (Å²) in [7, 11) is 8.66. The Hall–Kier alpha value is -1.42. The Morgan fingerprint density at radius 1 is 1.15 bits per heavy atom. The maximum Gasteiger partial charge on any atom is 0.193 e. The zero-order valence-electron chi connectivity index (χ0n) is 16.9.